The molecular weight excluding hydrogens is 948 g/mol. The molecule has 0 rings (SSSR count). The average Bonchev–Trinajstić information content (AvgIpc) is 3.37. The highest BCUT2D eigenvalue weighted by molar-refractivity contribution is 7.45. The van der Waals surface area contributed by atoms with E-state index in [2.05, 4.69) is 79.9 Å². The molecule has 75 heavy (non-hydrogen) atoms. The molecular formula is C66H123N2O6P. The second-order valence-corrected chi connectivity index (χ2v) is 24.1. The minimum Gasteiger partial charge on any atom is -0.756 e. The number of nitrogens with one attached hydrogen (secondary N) is 1. The Morgan fingerprint density at radius 2 is 0.827 bits per heavy atom. The lowest BCUT2D eigenvalue weighted by molar-refractivity contribution is -0.870. The van der Waals surface area contributed by atoms with Gasteiger partial charge in [0.05, 0.1) is 39.9 Å². The predicted molar refractivity (Wildman–Crippen MR) is 325 cm³/mol. The van der Waals surface area contributed by atoms with Gasteiger partial charge in [-0.2, -0.15) is 0 Å². The van der Waals surface area contributed by atoms with Crippen LogP contribution >= 0.6 is 7.82 Å². The zero-order valence-corrected chi connectivity index (χ0v) is 50.9. The molecule has 0 aliphatic rings. The average molecular weight is 1070 g/mol. The van der Waals surface area contributed by atoms with Crippen LogP contribution in [-0.4, -0.2) is 68.5 Å². The highest BCUT2D eigenvalue weighted by Gasteiger charge is 2.23. The van der Waals surface area contributed by atoms with E-state index in [1.54, 1.807) is 6.08 Å². The van der Waals surface area contributed by atoms with Crippen molar-refractivity contribution in [1.82, 2.24) is 5.32 Å². The van der Waals surface area contributed by atoms with E-state index in [1.165, 1.54) is 205 Å². The van der Waals surface area contributed by atoms with Crippen molar-refractivity contribution in [2.45, 2.75) is 302 Å². The van der Waals surface area contributed by atoms with Gasteiger partial charge in [0.2, 0.25) is 5.91 Å². The number of carbonyl (C=O) groups excluding carboxylic acids is 1. The van der Waals surface area contributed by atoms with E-state index in [1.807, 2.05) is 27.2 Å². The van der Waals surface area contributed by atoms with Gasteiger partial charge in [0.15, 0.2) is 0 Å². The molecule has 0 aliphatic carbocycles. The summed E-state index contributed by atoms with van der Waals surface area (Å²) in [6, 6.07) is -0.909. The molecule has 2 N–H and O–H groups in total. The molecule has 9 heteroatoms. The lowest BCUT2D eigenvalue weighted by Crippen LogP contribution is -2.45. The van der Waals surface area contributed by atoms with Gasteiger partial charge in [0, 0.05) is 6.42 Å². The fourth-order valence-corrected chi connectivity index (χ4v) is 9.94. The molecule has 0 aliphatic heterocycles. The van der Waals surface area contributed by atoms with Gasteiger partial charge in [0.1, 0.15) is 13.2 Å². The van der Waals surface area contributed by atoms with Crippen molar-refractivity contribution in [3.05, 3.63) is 72.9 Å². The summed E-state index contributed by atoms with van der Waals surface area (Å²) >= 11 is 0. The topological polar surface area (TPSA) is 108 Å². The first kappa shape index (κ1) is 72.9. The molecule has 8 nitrogen and oxygen atoms in total. The van der Waals surface area contributed by atoms with Crippen molar-refractivity contribution in [2.75, 3.05) is 40.9 Å². The van der Waals surface area contributed by atoms with Crippen molar-refractivity contribution < 1.29 is 32.9 Å². The van der Waals surface area contributed by atoms with E-state index in [9.17, 15) is 19.4 Å². The maximum Gasteiger partial charge on any atom is 0.268 e. The van der Waals surface area contributed by atoms with Crippen LogP contribution in [0.15, 0.2) is 72.9 Å². The number of phosphoric ester groups is 1. The molecule has 0 fully saturated rings. The summed E-state index contributed by atoms with van der Waals surface area (Å²) in [6.45, 7) is 4.54. The van der Waals surface area contributed by atoms with Gasteiger partial charge in [-0.15, -0.1) is 0 Å². The number of carbonyl (C=O) groups is 1. The fraction of sp³-hybridized carbons (Fsp3) is 0.803. The van der Waals surface area contributed by atoms with Gasteiger partial charge >= 0.3 is 0 Å². The summed E-state index contributed by atoms with van der Waals surface area (Å²) in [5.41, 5.74) is 0. The first-order valence-electron chi connectivity index (χ1n) is 31.8. The Hall–Kier alpha value is -2.06. The number of hydrogen-bond donors (Lipinski definition) is 2. The van der Waals surface area contributed by atoms with Crippen LogP contribution in [-0.2, 0) is 18.4 Å². The number of amides is 1. The number of aliphatic hydroxyl groups is 1. The Kier molecular flexibility index (Phi) is 55.1. The maximum atomic E-state index is 13.0. The minimum atomic E-state index is -4.61. The molecule has 0 aromatic carbocycles. The van der Waals surface area contributed by atoms with E-state index in [0.29, 0.717) is 17.4 Å². The standard InChI is InChI=1S/C66H123N2O6P/c1-6-8-10-12-14-16-18-20-22-24-26-28-30-32-33-34-36-37-39-41-43-45-47-49-51-53-55-57-59-65(69)64(63-74-75(71,72)73-62-61-68(3,4)5)67-66(70)60-58-56-54-52-50-48-46-44-42-40-38-35-31-29-27-25-23-21-19-17-15-13-11-9-7-2/h9,11,15,17,21,23,27,29,49,51,57,59,64-65,69H,6-8,10,12-14,16,18-20,22,24-26,28,30-48,50,52-56,58,60-63H2,1-5H3,(H-,67,70,71,72)/b11-9-,17-15-,23-21-,29-27-,51-49+,59-57+. The third-order valence-electron chi connectivity index (χ3n) is 14.2. The largest absolute Gasteiger partial charge is 0.756 e. The smallest absolute Gasteiger partial charge is 0.268 e. The zero-order valence-electron chi connectivity index (χ0n) is 50.0. The first-order chi connectivity index (χ1) is 36.5. The van der Waals surface area contributed by atoms with Crippen molar-refractivity contribution in [1.29, 1.82) is 0 Å². The molecule has 1 amide bonds. The van der Waals surface area contributed by atoms with E-state index in [0.717, 1.165) is 64.2 Å². The molecule has 0 saturated carbocycles. The minimum absolute atomic E-state index is 0.00881. The number of nitrogens with zero attached hydrogens (tertiary/aromatic N) is 1. The number of phosphoric acid groups is 1. The molecule has 3 atom stereocenters. The van der Waals surface area contributed by atoms with Crippen LogP contribution in [0.5, 0.6) is 0 Å². The van der Waals surface area contributed by atoms with E-state index in [-0.39, 0.29) is 12.5 Å². The lowest BCUT2D eigenvalue weighted by Gasteiger charge is -2.29. The van der Waals surface area contributed by atoms with Crippen LogP contribution in [0.25, 0.3) is 0 Å². The Labute approximate surface area is 465 Å². The van der Waals surface area contributed by atoms with Crippen LogP contribution in [0.4, 0.5) is 0 Å². The monoisotopic (exact) mass is 1070 g/mol. The third-order valence-corrected chi connectivity index (χ3v) is 15.1. The molecule has 0 radical (unpaired) electrons. The SMILES string of the molecule is CC/C=C\C/C=C\C/C=C\C/C=C\CCCCCCCCCCCCCCC(=O)NC(COP(=O)([O-])OCC[N+](C)(C)C)C(O)/C=C/CC/C=C/CCCCCCCCCCCCCCCCCCCCCCCC. The molecule has 438 valence electrons. The summed E-state index contributed by atoms with van der Waals surface area (Å²) in [5, 5.41) is 13.9. The predicted octanol–water partition coefficient (Wildman–Crippen LogP) is 19.2. The summed E-state index contributed by atoms with van der Waals surface area (Å²) in [6.07, 6.45) is 78.6. The van der Waals surface area contributed by atoms with Gasteiger partial charge in [-0.25, -0.2) is 0 Å². The Bertz CT molecular complexity index is 1450. The second-order valence-electron chi connectivity index (χ2n) is 22.7. The maximum absolute atomic E-state index is 13.0. The Balaban J connectivity index is 4.18. The van der Waals surface area contributed by atoms with Gasteiger partial charge in [-0.3, -0.25) is 9.36 Å². The van der Waals surface area contributed by atoms with Gasteiger partial charge < -0.3 is 28.8 Å². The highest BCUT2D eigenvalue weighted by Crippen LogP contribution is 2.38. The summed E-state index contributed by atoms with van der Waals surface area (Å²) in [4.78, 5) is 25.6. The van der Waals surface area contributed by atoms with Crippen molar-refractivity contribution in [3.8, 4) is 0 Å². The molecule has 0 saturated heterocycles. The normalized spacial score (nSPS) is 14.3. The van der Waals surface area contributed by atoms with Crippen LogP contribution in [0.2, 0.25) is 0 Å². The number of hydrogen-bond acceptors (Lipinski definition) is 6. The lowest BCUT2D eigenvalue weighted by atomic mass is 10.0. The summed E-state index contributed by atoms with van der Waals surface area (Å²) in [5.74, 6) is -0.209. The molecule has 0 aromatic heterocycles. The number of rotatable bonds is 58. The van der Waals surface area contributed by atoms with Crippen LogP contribution < -0.4 is 10.2 Å². The van der Waals surface area contributed by atoms with Crippen molar-refractivity contribution >= 4 is 13.7 Å². The number of aliphatic hydroxyl groups excluding tert-OH is 1. The Morgan fingerprint density at radius 1 is 0.480 bits per heavy atom. The van der Waals surface area contributed by atoms with Crippen LogP contribution in [0, 0.1) is 0 Å². The third kappa shape index (κ3) is 59.4. The van der Waals surface area contributed by atoms with E-state index >= 15 is 0 Å². The molecule has 0 aromatic rings. The highest BCUT2D eigenvalue weighted by atomic mass is 31.2. The fourth-order valence-electron chi connectivity index (χ4n) is 9.22. The first-order valence-corrected chi connectivity index (χ1v) is 33.3. The molecule has 0 bridgehead atoms. The molecule has 0 heterocycles. The van der Waals surface area contributed by atoms with Gasteiger partial charge in [-0.1, -0.05) is 286 Å². The number of unbranched alkanes of at least 4 members (excludes halogenated alkanes) is 35. The van der Waals surface area contributed by atoms with Crippen LogP contribution in [0.1, 0.15) is 290 Å². The molecule has 0 spiro atoms. The van der Waals surface area contributed by atoms with E-state index < -0.39 is 26.6 Å². The van der Waals surface area contributed by atoms with Crippen LogP contribution in [0.3, 0.4) is 0 Å². The number of allylic oxidation sites excluding steroid dienone is 11. The second kappa shape index (κ2) is 56.7. The van der Waals surface area contributed by atoms with E-state index in [4.69, 9.17) is 9.05 Å². The zero-order chi connectivity index (χ0) is 54.9. The number of likely N-dealkylation sites (N-methyl/N-ethyl adjacent to an activating group) is 1. The van der Waals surface area contributed by atoms with Gasteiger partial charge in [0.25, 0.3) is 7.82 Å². The van der Waals surface area contributed by atoms with Gasteiger partial charge in [-0.05, 0) is 70.6 Å². The number of quaternary nitrogens is 1. The van der Waals surface area contributed by atoms with Crippen molar-refractivity contribution in [3.63, 3.8) is 0 Å². The molecule has 3 unspecified atom stereocenters. The van der Waals surface area contributed by atoms with Crippen molar-refractivity contribution in [2.24, 2.45) is 0 Å². The summed E-state index contributed by atoms with van der Waals surface area (Å²) < 4.78 is 23.4. The Morgan fingerprint density at radius 3 is 1.24 bits per heavy atom. The quantitative estimate of drug-likeness (QED) is 0.0272. The summed E-state index contributed by atoms with van der Waals surface area (Å²) in [7, 11) is 1.24.